The second kappa shape index (κ2) is 12.6. The fourth-order valence-corrected chi connectivity index (χ4v) is 6.84. The maximum absolute atomic E-state index is 5.00. The van der Waals surface area contributed by atoms with E-state index in [9.17, 15) is 0 Å². The van der Waals surface area contributed by atoms with Crippen molar-refractivity contribution in [2.75, 3.05) is 11.4 Å². The zero-order chi connectivity index (χ0) is 27.4. The van der Waals surface area contributed by atoms with E-state index in [1.54, 1.807) is 0 Å². The summed E-state index contributed by atoms with van der Waals surface area (Å²) in [4.78, 5) is 17.4. The van der Waals surface area contributed by atoms with Crippen molar-refractivity contribution in [3.63, 3.8) is 0 Å². The van der Waals surface area contributed by atoms with E-state index < -0.39 is 0 Å². The minimum absolute atomic E-state index is 0.487. The van der Waals surface area contributed by atoms with Crippen LogP contribution in [-0.2, 0) is 6.42 Å². The van der Waals surface area contributed by atoms with E-state index in [0.29, 0.717) is 23.7 Å². The standard InChI is InChI=1S/C35H48N4/c1-6-28-16-17-33(37-25(28)4)30-14-12-27(13-15-30)23-39(26(5)29-10-8-7-9-11-29)35-22-31(20-21-36-35)34-19-18-32(38-34)24(2)3/h16-17,19-22,24,27,29-30H,5-15,18,23H2,1-4H3. The van der Waals surface area contributed by atoms with Gasteiger partial charge in [-0.15, -0.1) is 0 Å². The number of aryl methyl sites for hydroxylation is 2. The Morgan fingerprint density at radius 3 is 2.46 bits per heavy atom. The monoisotopic (exact) mass is 524 g/mol. The second-order valence-corrected chi connectivity index (χ2v) is 12.4. The number of pyridine rings is 2. The van der Waals surface area contributed by atoms with Gasteiger partial charge in [0.25, 0.3) is 0 Å². The molecule has 0 unspecified atom stereocenters. The van der Waals surface area contributed by atoms with E-state index in [1.807, 2.05) is 6.20 Å². The van der Waals surface area contributed by atoms with Crippen LogP contribution in [0.5, 0.6) is 0 Å². The van der Waals surface area contributed by atoms with Crippen LogP contribution in [0.25, 0.3) is 5.70 Å². The molecule has 2 aromatic rings. The Morgan fingerprint density at radius 1 is 1.03 bits per heavy atom. The van der Waals surface area contributed by atoms with E-state index in [2.05, 4.69) is 62.9 Å². The van der Waals surface area contributed by atoms with Gasteiger partial charge in [0.1, 0.15) is 5.82 Å². The van der Waals surface area contributed by atoms with E-state index in [0.717, 1.165) is 30.9 Å². The normalized spacial score (nSPS) is 22.1. The summed E-state index contributed by atoms with van der Waals surface area (Å²) in [6.07, 6.45) is 17.7. The summed E-state index contributed by atoms with van der Waals surface area (Å²) in [6.45, 7) is 14.6. The van der Waals surface area contributed by atoms with Crippen LogP contribution in [0.3, 0.4) is 0 Å². The van der Waals surface area contributed by atoms with Crippen LogP contribution in [0.1, 0.15) is 113 Å². The van der Waals surface area contributed by atoms with E-state index in [4.69, 9.17) is 21.5 Å². The molecule has 0 spiro atoms. The summed E-state index contributed by atoms with van der Waals surface area (Å²) < 4.78 is 0. The molecule has 0 amide bonds. The Kier molecular flexibility index (Phi) is 8.99. The molecular weight excluding hydrogens is 476 g/mol. The Morgan fingerprint density at radius 2 is 1.79 bits per heavy atom. The van der Waals surface area contributed by atoms with Crippen molar-refractivity contribution >= 4 is 17.2 Å². The van der Waals surface area contributed by atoms with Crippen LogP contribution >= 0.6 is 0 Å². The molecule has 2 aliphatic carbocycles. The number of allylic oxidation sites excluding steroid dienone is 2. The van der Waals surface area contributed by atoms with Gasteiger partial charge in [-0.25, -0.2) is 4.98 Å². The summed E-state index contributed by atoms with van der Waals surface area (Å²) in [5, 5.41) is 0. The highest BCUT2D eigenvalue weighted by Crippen LogP contribution is 2.39. The van der Waals surface area contributed by atoms with Crippen LogP contribution in [0.4, 0.5) is 5.82 Å². The molecule has 0 bridgehead atoms. The van der Waals surface area contributed by atoms with Crippen molar-refractivity contribution < 1.29 is 0 Å². The average molecular weight is 525 g/mol. The average Bonchev–Trinajstić information content (AvgIpc) is 3.48. The highest BCUT2D eigenvalue weighted by atomic mass is 15.2. The van der Waals surface area contributed by atoms with Gasteiger partial charge in [-0.05, 0) is 93.4 Å². The number of anilines is 1. The Balaban J connectivity index is 1.32. The Labute approximate surface area is 236 Å². The lowest BCUT2D eigenvalue weighted by Gasteiger charge is -2.37. The van der Waals surface area contributed by atoms with Crippen molar-refractivity contribution in [1.29, 1.82) is 0 Å². The van der Waals surface area contributed by atoms with Gasteiger partial charge in [-0.1, -0.05) is 58.8 Å². The topological polar surface area (TPSA) is 41.4 Å². The third kappa shape index (κ3) is 6.53. The quantitative estimate of drug-likeness (QED) is 0.328. The molecular formula is C35H48N4. The summed E-state index contributed by atoms with van der Waals surface area (Å²) in [5.74, 6) is 3.35. The van der Waals surface area contributed by atoms with E-state index >= 15 is 0 Å². The predicted molar refractivity (Wildman–Crippen MR) is 165 cm³/mol. The van der Waals surface area contributed by atoms with Crippen LogP contribution in [-0.4, -0.2) is 22.2 Å². The molecule has 2 fully saturated rings. The lowest BCUT2D eigenvalue weighted by molar-refractivity contribution is 0.320. The minimum atomic E-state index is 0.487. The fraction of sp³-hybridized carbons (Fsp3) is 0.571. The van der Waals surface area contributed by atoms with Crippen molar-refractivity contribution in [2.45, 2.75) is 104 Å². The van der Waals surface area contributed by atoms with Gasteiger partial charge >= 0.3 is 0 Å². The number of hydrogen-bond donors (Lipinski definition) is 0. The highest BCUT2D eigenvalue weighted by molar-refractivity contribution is 5.97. The van der Waals surface area contributed by atoms with E-state index in [1.165, 1.54) is 91.7 Å². The third-order valence-corrected chi connectivity index (χ3v) is 9.48. The van der Waals surface area contributed by atoms with Crippen LogP contribution in [0, 0.1) is 24.7 Å². The molecule has 3 aliphatic rings. The zero-order valence-electron chi connectivity index (χ0n) is 24.8. The Bertz CT molecular complexity index is 1210. The highest BCUT2D eigenvalue weighted by Gasteiger charge is 2.29. The number of aliphatic imine (C=N–C) groups is 1. The SMILES string of the molecule is C=C(C1CCCCC1)N(CC1CCC(c2ccc(CC)c(C)n2)CC1)c1cc(C2=CCC(C(C)C)=N2)ccn1. The summed E-state index contributed by atoms with van der Waals surface area (Å²) >= 11 is 0. The zero-order valence-corrected chi connectivity index (χ0v) is 24.8. The van der Waals surface area contributed by atoms with Gasteiger partial charge in [0.05, 0.1) is 5.70 Å². The molecule has 39 heavy (non-hydrogen) atoms. The lowest BCUT2D eigenvalue weighted by atomic mass is 9.79. The third-order valence-electron chi connectivity index (χ3n) is 9.48. The van der Waals surface area contributed by atoms with E-state index in [-0.39, 0.29) is 0 Å². The van der Waals surface area contributed by atoms with Gasteiger partial charge in [0.15, 0.2) is 0 Å². The van der Waals surface area contributed by atoms with Gasteiger partial charge in [-0.2, -0.15) is 0 Å². The Hall–Kier alpha value is -2.75. The molecule has 208 valence electrons. The number of hydrogen-bond acceptors (Lipinski definition) is 4. The summed E-state index contributed by atoms with van der Waals surface area (Å²) in [5.41, 5.74) is 8.71. The first-order valence-corrected chi connectivity index (χ1v) is 15.6. The lowest BCUT2D eigenvalue weighted by Crippen LogP contribution is -2.34. The first kappa shape index (κ1) is 27.8. The maximum atomic E-state index is 5.00. The van der Waals surface area contributed by atoms with Gasteiger partial charge in [0, 0.05) is 53.4 Å². The van der Waals surface area contributed by atoms with Gasteiger partial charge < -0.3 is 4.90 Å². The molecule has 3 heterocycles. The van der Waals surface area contributed by atoms with Crippen LogP contribution < -0.4 is 4.90 Å². The molecule has 0 atom stereocenters. The van der Waals surface area contributed by atoms with Crippen LogP contribution in [0.2, 0.25) is 0 Å². The van der Waals surface area contributed by atoms with Crippen molar-refractivity contribution in [3.05, 3.63) is 71.3 Å². The molecule has 2 aromatic heterocycles. The molecule has 4 nitrogen and oxygen atoms in total. The first-order valence-electron chi connectivity index (χ1n) is 15.6. The predicted octanol–water partition coefficient (Wildman–Crippen LogP) is 9.06. The van der Waals surface area contributed by atoms with Crippen molar-refractivity contribution in [2.24, 2.45) is 22.7 Å². The fourth-order valence-electron chi connectivity index (χ4n) is 6.84. The van der Waals surface area contributed by atoms with Crippen LogP contribution in [0.15, 0.2) is 53.8 Å². The number of rotatable bonds is 9. The smallest absolute Gasteiger partial charge is 0.133 e. The summed E-state index contributed by atoms with van der Waals surface area (Å²) in [6, 6.07) is 8.97. The largest absolute Gasteiger partial charge is 0.330 e. The molecule has 4 heteroatoms. The number of aromatic nitrogens is 2. The first-order chi connectivity index (χ1) is 18.9. The minimum Gasteiger partial charge on any atom is -0.330 e. The second-order valence-electron chi connectivity index (χ2n) is 12.4. The molecule has 5 rings (SSSR count). The molecule has 1 aliphatic heterocycles. The number of nitrogens with zero attached hydrogens (tertiary/aromatic N) is 4. The molecule has 0 saturated heterocycles. The van der Waals surface area contributed by atoms with Crippen molar-refractivity contribution in [1.82, 2.24) is 9.97 Å². The van der Waals surface area contributed by atoms with Gasteiger partial charge in [-0.3, -0.25) is 9.98 Å². The molecule has 0 radical (unpaired) electrons. The summed E-state index contributed by atoms with van der Waals surface area (Å²) in [7, 11) is 0. The van der Waals surface area contributed by atoms with Gasteiger partial charge in [0.2, 0.25) is 0 Å². The van der Waals surface area contributed by atoms with Crippen molar-refractivity contribution in [3.8, 4) is 0 Å². The maximum Gasteiger partial charge on any atom is 0.133 e. The molecule has 0 N–H and O–H groups in total. The molecule has 2 saturated carbocycles. The molecule has 0 aromatic carbocycles.